The molecule has 21 heavy (non-hydrogen) atoms. The van der Waals surface area contributed by atoms with E-state index in [9.17, 15) is 9.90 Å². The minimum atomic E-state index is -1.16. The lowest BCUT2D eigenvalue weighted by molar-refractivity contribution is 0.0690. The van der Waals surface area contributed by atoms with Crippen LogP contribution < -0.4 is 9.47 Å². The number of benzene rings is 1. The zero-order chi connectivity index (χ0) is 15.6. The van der Waals surface area contributed by atoms with Crippen molar-refractivity contribution in [3.63, 3.8) is 0 Å². The van der Waals surface area contributed by atoms with Gasteiger partial charge in [-0.05, 0) is 6.07 Å². The molecule has 0 aliphatic carbocycles. The first-order valence-electron chi connectivity index (χ1n) is 5.83. The van der Waals surface area contributed by atoms with Gasteiger partial charge >= 0.3 is 5.97 Å². The average molecular weight is 331 g/mol. The van der Waals surface area contributed by atoms with Crippen LogP contribution in [0.25, 0.3) is 0 Å². The first-order valence-corrected chi connectivity index (χ1v) is 6.59. The molecule has 0 fully saturated rings. The van der Waals surface area contributed by atoms with Crippen molar-refractivity contribution in [3.8, 4) is 11.5 Å². The van der Waals surface area contributed by atoms with Crippen LogP contribution >= 0.6 is 23.2 Å². The molecule has 6 nitrogen and oxygen atoms in total. The number of hydrogen-bond acceptors (Lipinski definition) is 4. The van der Waals surface area contributed by atoms with Crippen LogP contribution in [0.2, 0.25) is 10.2 Å². The van der Waals surface area contributed by atoms with Crippen LogP contribution in [0.1, 0.15) is 16.2 Å². The van der Waals surface area contributed by atoms with Gasteiger partial charge in [0.15, 0.2) is 11.5 Å². The highest BCUT2D eigenvalue weighted by molar-refractivity contribution is 6.31. The van der Waals surface area contributed by atoms with E-state index in [1.807, 2.05) is 0 Å². The van der Waals surface area contributed by atoms with Gasteiger partial charge in [0, 0.05) is 18.1 Å². The number of methoxy groups -OCH3 is 1. The summed E-state index contributed by atoms with van der Waals surface area (Å²) in [5, 5.41) is 9.93. The smallest absolute Gasteiger partial charge is 0.339 e. The third kappa shape index (κ3) is 3.22. The van der Waals surface area contributed by atoms with Crippen LogP contribution in [0.5, 0.6) is 11.5 Å². The number of halogens is 2. The number of aromatic nitrogens is 2. The number of carbonyl (C=O) groups is 1. The molecule has 2 aromatic rings. The SMILES string of the molecule is COc1cc(Cl)cc(C(=O)O)c1OCc1ncc(Cl)n1C. The van der Waals surface area contributed by atoms with Gasteiger partial charge in [-0.1, -0.05) is 23.2 Å². The molecule has 0 bridgehead atoms. The summed E-state index contributed by atoms with van der Waals surface area (Å²) in [6, 6.07) is 2.78. The molecule has 0 saturated heterocycles. The second-order valence-electron chi connectivity index (χ2n) is 4.13. The van der Waals surface area contributed by atoms with Gasteiger partial charge < -0.3 is 19.1 Å². The van der Waals surface area contributed by atoms with Gasteiger partial charge in [0.25, 0.3) is 0 Å². The number of carboxylic acids is 1. The third-order valence-corrected chi connectivity index (χ3v) is 3.41. The molecule has 8 heteroatoms. The number of aromatic carboxylic acids is 1. The van der Waals surface area contributed by atoms with E-state index in [4.69, 9.17) is 32.7 Å². The van der Waals surface area contributed by atoms with Gasteiger partial charge in [-0.2, -0.15) is 0 Å². The fourth-order valence-corrected chi connectivity index (χ4v) is 2.08. The van der Waals surface area contributed by atoms with Gasteiger partial charge in [0.2, 0.25) is 0 Å². The zero-order valence-electron chi connectivity index (χ0n) is 11.3. The Morgan fingerprint density at radius 2 is 2.14 bits per heavy atom. The first-order chi connectivity index (χ1) is 9.93. The van der Waals surface area contributed by atoms with Crippen molar-refractivity contribution in [1.82, 2.24) is 9.55 Å². The van der Waals surface area contributed by atoms with E-state index >= 15 is 0 Å². The highest BCUT2D eigenvalue weighted by atomic mass is 35.5. The maximum absolute atomic E-state index is 11.3. The molecule has 0 radical (unpaired) electrons. The predicted molar refractivity (Wildman–Crippen MR) is 77.5 cm³/mol. The van der Waals surface area contributed by atoms with E-state index in [2.05, 4.69) is 4.98 Å². The van der Waals surface area contributed by atoms with Gasteiger partial charge in [-0.25, -0.2) is 9.78 Å². The molecular formula is C13H12Cl2N2O4. The Kier molecular flexibility index (Phi) is 4.59. The summed E-state index contributed by atoms with van der Waals surface area (Å²) in [5.74, 6) is -0.286. The Balaban J connectivity index is 2.34. The summed E-state index contributed by atoms with van der Waals surface area (Å²) in [7, 11) is 3.13. The summed E-state index contributed by atoms with van der Waals surface area (Å²) < 4.78 is 12.3. The van der Waals surface area contributed by atoms with E-state index in [0.29, 0.717) is 11.0 Å². The fraction of sp³-hybridized carbons (Fsp3) is 0.231. The van der Waals surface area contributed by atoms with Crippen LogP contribution in [0, 0.1) is 0 Å². The molecule has 1 heterocycles. The Hall–Kier alpha value is -1.92. The van der Waals surface area contributed by atoms with Crippen molar-refractivity contribution < 1.29 is 19.4 Å². The lowest BCUT2D eigenvalue weighted by atomic mass is 10.2. The van der Waals surface area contributed by atoms with Gasteiger partial charge in [-0.15, -0.1) is 0 Å². The van der Waals surface area contributed by atoms with E-state index in [-0.39, 0.29) is 28.7 Å². The molecular weight excluding hydrogens is 319 g/mol. The van der Waals surface area contributed by atoms with Crippen LogP contribution in [0.3, 0.4) is 0 Å². The standard InChI is InChI=1S/C13H12Cl2N2O4/c1-17-10(15)5-16-11(17)6-21-12-8(13(18)19)3-7(14)4-9(12)20-2/h3-5H,6H2,1-2H3,(H,18,19). The van der Waals surface area contributed by atoms with Crippen LogP contribution in [0.15, 0.2) is 18.3 Å². The summed E-state index contributed by atoms with van der Waals surface area (Å²) >= 11 is 11.7. The van der Waals surface area contributed by atoms with Crippen LogP contribution in [0.4, 0.5) is 0 Å². The second kappa shape index (κ2) is 6.24. The highest BCUT2D eigenvalue weighted by Crippen LogP contribution is 2.35. The normalized spacial score (nSPS) is 10.5. The topological polar surface area (TPSA) is 73.6 Å². The molecule has 112 valence electrons. The molecule has 0 aliphatic heterocycles. The Labute approximate surface area is 130 Å². The summed E-state index contributed by atoms with van der Waals surface area (Å²) in [6.07, 6.45) is 1.48. The number of ether oxygens (including phenoxy) is 2. The number of imidazole rings is 1. The van der Waals surface area contributed by atoms with Crippen molar-refractivity contribution in [1.29, 1.82) is 0 Å². The largest absolute Gasteiger partial charge is 0.493 e. The molecule has 0 aliphatic rings. The van der Waals surface area contributed by atoms with Crippen molar-refractivity contribution in [3.05, 3.63) is 39.9 Å². The number of nitrogens with zero attached hydrogens (tertiary/aromatic N) is 2. The summed E-state index contributed by atoms with van der Waals surface area (Å²) in [5.41, 5.74) is -0.0837. The molecule has 0 spiro atoms. The predicted octanol–water partition coefficient (Wildman–Crippen LogP) is 3.01. The molecule has 2 rings (SSSR count). The molecule has 0 amide bonds. The second-order valence-corrected chi connectivity index (χ2v) is 4.96. The van der Waals surface area contributed by atoms with Gasteiger partial charge in [0.1, 0.15) is 23.1 Å². The molecule has 0 unspecified atom stereocenters. The fourth-order valence-electron chi connectivity index (χ4n) is 1.72. The zero-order valence-corrected chi connectivity index (χ0v) is 12.8. The van der Waals surface area contributed by atoms with Crippen molar-refractivity contribution in [2.75, 3.05) is 7.11 Å². The van der Waals surface area contributed by atoms with E-state index in [1.54, 1.807) is 11.6 Å². The number of carboxylic acid groups (broad SMARTS) is 1. The quantitative estimate of drug-likeness (QED) is 0.912. The Morgan fingerprint density at radius 1 is 1.43 bits per heavy atom. The van der Waals surface area contributed by atoms with Crippen molar-refractivity contribution in [2.45, 2.75) is 6.61 Å². The first kappa shape index (κ1) is 15.5. The summed E-state index contributed by atoms with van der Waals surface area (Å²) in [6.45, 7) is 0.0431. The molecule has 1 N–H and O–H groups in total. The average Bonchev–Trinajstić information content (AvgIpc) is 2.76. The maximum Gasteiger partial charge on any atom is 0.339 e. The molecule has 1 aromatic carbocycles. The monoisotopic (exact) mass is 330 g/mol. The minimum Gasteiger partial charge on any atom is -0.493 e. The van der Waals surface area contributed by atoms with E-state index in [1.165, 1.54) is 25.4 Å². The van der Waals surface area contributed by atoms with Crippen LogP contribution in [-0.2, 0) is 13.7 Å². The minimum absolute atomic E-state index is 0.0431. The number of hydrogen-bond donors (Lipinski definition) is 1. The van der Waals surface area contributed by atoms with Crippen molar-refractivity contribution >= 4 is 29.2 Å². The van der Waals surface area contributed by atoms with Gasteiger partial charge in [-0.3, -0.25) is 0 Å². The van der Waals surface area contributed by atoms with Crippen molar-refractivity contribution in [2.24, 2.45) is 7.05 Å². The Bertz CT molecular complexity index is 685. The summed E-state index contributed by atoms with van der Waals surface area (Å²) in [4.78, 5) is 15.4. The molecule has 1 aromatic heterocycles. The highest BCUT2D eigenvalue weighted by Gasteiger charge is 2.19. The lowest BCUT2D eigenvalue weighted by Crippen LogP contribution is -2.08. The van der Waals surface area contributed by atoms with Gasteiger partial charge in [0.05, 0.1) is 13.3 Å². The number of rotatable bonds is 5. The van der Waals surface area contributed by atoms with Crippen LogP contribution in [-0.4, -0.2) is 27.7 Å². The Morgan fingerprint density at radius 3 is 2.67 bits per heavy atom. The maximum atomic E-state index is 11.3. The van der Waals surface area contributed by atoms with E-state index in [0.717, 1.165) is 0 Å². The lowest BCUT2D eigenvalue weighted by Gasteiger charge is -2.13. The third-order valence-electron chi connectivity index (χ3n) is 2.84. The van der Waals surface area contributed by atoms with E-state index < -0.39 is 5.97 Å². The molecule has 0 atom stereocenters. The molecule has 0 saturated carbocycles.